The van der Waals surface area contributed by atoms with E-state index in [0.717, 1.165) is 12.1 Å². The van der Waals surface area contributed by atoms with Crippen molar-refractivity contribution < 1.29 is 91.9 Å². The monoisotopic (exact) mass is 1710 g/mol. The highest BCUT2D eigenvalue weighted by molar-refractivity contribution is 6.33. The van der Waals surface area contributed by atoms with Gasteiger partial charge in [0.15, 0.2) is 28.3 Å². The minimum atomic E-state index is -2.91. The maximum Gasteiger partial charge on any atom is 0.283 e. The quantitative estimate of drug-likeness (QED) is 0.0162. The molecule has 0 radical (unpaired) electrons. The van der Waals surface area contributed by atoms with Gasteiger partial charge in [-0.05, 0) is 91.6 Å². The molecule has 0 unspecified atom stereocenters. The molecule has 9 aliphatic rings. The summed E-state index contributed by atoms with van der Waals surface area (Å²) in [6, 6.07) is 43.4. The van der Waals surface area contributed by atoms with E-state index in [-0.39, 0.29) is 112 Å². The van der Waals surface area contributed by atoms with Gasteiger partial charge >= 0.3 is 0 Å². The average Bonchev–Trinajstić information content (AvgIpc) is 1.56. The summed E-state index contributed by atoms with van der Waals surface area (Å²) in [5.74, 6) is -3.40. The van der Waals surface area contributed by atoms with Crippen LogP contribution in [0.25, 0.3) is 0 Å². The summed E-state index contributed by atoms with van der Waals surface area (Å²) >= 11 is 35.9. The minimum Gasteiger partial charge on any atom is -0.477 e. The van der Waals surface area contributed by atoms with Gasteiger partial charge in [0.25, 0.3) is 56.3 Å². The number of nitro benzene ring substituents is 1. The molecule has 0 aromatic heterocycles. The van der Waals surface area contributed by atoms with E-state index in [0.29, 0.717) is 49.7 Å². The van der Waals surface area contributed by atoms with Gasteiger partial charge in [-0.3, -0.25) is 14.9 Å². The van der Waals surface area contributed by atoms with Gasteiger partial charge < -0.3 is 58.2 Å². The van der Waals surface area contributed by atoms with Crippen LogP contribution in [-0.4, -0.2) is 119 Å². The summed E-state index contributed by atoms with van der Waals surface area (Å²) in [5.41, 5.74) is 18.6. The van der Waals surface area contributed by atoms with Crippen LogP contribution in [0.15, 0.2) is 185 Å². The molecule has 0 saturated heterocycles. The van der Waals surface area contributed by atoms with Crippen LogP contribution in [0.3, 0.4) is 0 Å². The van der Waals surface area contributed by atoms with Crippen molar-refractivity contribution in [3.63, 3.8) is 0 Å². The van der Waals surface area contributed by atoms with E-state index in [1.165, 1.54) is 42.5 Å². The van der Waals surface area contributed by atoms with Gasteiger partial charge in [0.05, 0.1) is 29.7 Å². The first-order valence-corrected chi connectivity index (χ1v) is 37.3. The van der Waals surface area contributed by atoms with E-state index in [2.05, 4.69) is 15.0 Å². The number of benzene rings is 7. The molecule has 3 aliphatic heterocycles. The van der Waals surface area contributed by atoms with Crippen molar-refractivity contribution in [2.24, 2.45) is 79.2 Å². The maximum atomic E-state index is 14.2. The lowest BCUT2D eigenvalue weighted by Crippen LogP contribution is -2.47. The minimum absolute atomic E-state index is 0.00926. The smallest absolute Gasteiger partial charge is 0.283 e. The van der Waals surface area contributed by atoms with E-state index < -0.39 is 131 Å². The Balaban J connectivity index is 0.000000135. The Morgan fingerprint density at radius 2 is 0.743 bits per heavy atom. The number of carbonyl (C=O) groups excluding carboxylic acids is 1. The van der Waals surface area contributed by atoms with Crippen molar-refractivity contribution in [3.8, 4) is 0 Å². The second kappa shape index (κ2) is 34.2. The van der Waals surface area contributed by atoms with Gasteiger partial charge in [0.1, 0.15) is 34.9 Å². The first kappa shape index (κ1) is 86.1. The number of nitrogens with zero attached hydrogens (tertiary/aromatic N) is 4. The number of hydrogen-bond acceptors (Lipinski definition) is 17. The van der Waals surface area contributed by atoms with E-state index in [9.17, 15) is 82.9 Å². The zero-order chi connectivity index (χ0) is 82.4. The summed E-state index contributed by atoms with van der Waals surface area (Å²) in [6.07, 6.45) is -17.8. The number of nitro groups is 1. The lowest BCUT2D eigenvalue weighted by molar-refractivity contribution is -0.385. The molecule has 0 bridgehead atoms. The van der Waals surface area contributed by atoms with Gasteiger partial charge in [0.2, 0.25) is 0 Å². The predicted molar refractivity (Wildman–Crippen MR) is 401 cm³/mol. The molecule has 0 spiro atoms. The maximum absolute atomic E-state index is 14.2. The number of halogens is 18. The topological polar surface area (TPSA) is 316 Å². The third kappa shape index (κ3) is 17.3. The van der Waals surface area contributed by atoms with Crippen LogP contribution in [0.1, 0.15) is 88.7 Å². The van der Waals surface area contributed by atoms with Crippen LogP contribution < -0.4 is 28.7 Å². The highest BCUT2D eigenvalue weighted by atomic mass is 35.5. The molecule has 18 atom stereocenters. The number of non-ortho nitro benzene ring substituents is 1. The van der Waals surface area contributed by atoms with Gasteiger partial charge in [-0.2, -0.15) is 0 Å². The lowest BCUT2D eigenvalue weighted by Gasteiger charge is -2.34. The number of nitrogens with two attached hydrogens (primary N) is 5. The number of ether oxygens (including phenoxy) is 3. The van der Waals surface area contributed by atoms with E-state index in [1.807, 2.05) is 0 Å². The average molecular weight is 1710 g/mol. The zero-order valence-corrected chi connectivity index (χ0v) is 63.3. The van der Waals surface area contributed by atoms with E-state index in [1.54, 1.807) is 115 Å². The number of carbonyl (C=O) groups is 1. The number of hydrogen-bond donors (Lipinski definition) is 8. The number of ketones is 1. The molecule has 6 aliphatic carbocycles. The fraction of sp³-hybridized carbons (Fsp3) is 0.403. The molecule has 13 N–H and O–H groups in total. The number of fused-ring (bicyclic) bond motifs is 3. The van der Waals surface area contributed by atoms with E-state index >= 15 is 0 Å². The summed E-state index contributed by atoms with van der Waals surface area (Å²) < 4.78 is 178. The molecule has 18 nitrogen and oxygen atoms in total. The zero-order valence-electron chi connectivity index (χ0n) is 58.8. The number of aliphatic imine (C=N–C) groups is 3. The molecule has 606 valence electrons. The molecule has 16 rings (SSSR count). The summed E-state index contributed by atoms with van der Waals surface area (Å²) in [6.45, 7) is 0. The second-order valence-electron chi connectivity index (χ2n) is 28.5. The Morgan fingerprint density at radius 1 is 0.442 bits per heavy atom. The van der Waals surface area contributed by atoms with Gasteiger partial charge in [-0.25, -0.2) is 67.7 Å². The number of rotatable bonds is 19. The molecule has 6 fully saturated rings. The van der Waals surface area contributed by atoms with Crippen LogP contribution >= 0.6 is 69.6 Å². The molecule has 36 heteroatoms. The molecule has 6 saturated carbocycles. The SMILES string of the molecule is NC1=N[C@@](c2cc([N+](=O)[O-])ccc2Cl)(C(F)F)[C@H]2C[C@H]2O1.NC1=N[C@@](c2ccccc2Cl)(C(F)F)[C@H]2C[C@H]2O1.N[C@@](c1ccccc1Cl)(C(F)F)[C@H]1C[C@H]1O.N[C@@](c1ccccc1Cl)(C(F)F)[C@H]1C[C@H]1O.N[C@](c1ccccc1Cl)(C(F)F)[C@@H]1C[C@@H]1O.O=C(CC1=N[C@@](c2ccccc2Cl)(C(F)F)[C@H]2C[C@H]2O1)c1ccccc1. The third-order valence-electron chi connectivity index (χ3n) is 21.4. The highest BCUT2D eigenvalue weighted by Gasteiger charge is 2.67. The Labute approximate surface area is 668 Å². The van der Waals surface area contributed by atoms with Crippen molar-refractivity contribution >= 4 is 99.0 Å². The van der Waals surface area contributed by atoms with Crippen molar-refractivity contribution in [2.45, 2.75) is 153 Å². The Hall–Kier alpha value is -7.72. The Morgan fingerprint density at radius 3 is 1.06 bits per heavy atom. The standard InChI is InChI=1S/C20H16ClF2NO2.C12H10ClF2N3O3.C12H11ClF2N2O.3C11H12ClF2NO/c21-15-9-5-4-8-13(15)20(19(22)23)14-10-17(14)26-18(24-20)11-16(25)12-6-2-1-3-7-12;13-8-2-1-5(18(19)20)3-6(8)12(10(14)15)7-4-9(7)21-11(16)17-12;13-8-4-2-1-3-6(8)12(10(14)15)7-5-9(7)18-11(16)17-12;3*12-8-4-2-1-3-6(8)11(15,10(13)14)7-5-9(7)16/h1-9,14,17,19H,10-11H2;1-3,7,9-10H,4H2,(H2,16,17);1-4,7,9-10H,5H2,(H2,16,17);3*1-4,7,9-10,16H,5,15H2/t14-,17+,20+;2*7-,9+,12+;3*7-,9+,11+/m000100/s1. The van der Waals surface area contributed by atoms with Crippen LogP contribution in [0.2, 0.25) is 30.1 Å². The van der Waals surface area contributed by atoms with Crippen molar-refractivity contribution in [1.82, 2.24) is 0 Å². The Kier molecular flexibility index (Phi) is 26.1. The summed E-state index contributed by atoms with van der Waals surface area (Å²) in [7, 11) is 0. The van der Waals surface area contributed by atoms with Gasteiger partial charge in [0, 0.05) is 100 Å². The fourth-order valence-electron chi connectivity index (χ4n) is 14.9. The fourth-order valence-corrected chi connectivity index (χ4v) is 16.6. The van der Waals surface area contributed by atoms with Gasteiger partial charge in [-0.1, -0.05) is 191 Å². The van der Waals surface area contributed by atoms with Crippen LogP contribution in [-0.2, 0) is 47.4 Å². The van der Waals surface area contributed by atoms with Crippen LogP contribution in [0.4, 0.5) is 58.4 Å². The van der Waals surface area contributed by atoms with Crippen molar-refractivity contribution in [1.29, 1.82) is 0 Å². The molecule has 0 amide bonds. The molecule has 113 heavy (non-hydrogen) atoms. The molecule has 7 aromatic rings. The second-order valence-corrected chi connectivity index (χ2v) is 30.9. The highest BCUT2D eigenvalue weighted by Crippen LogP contribution is 2.61. The normalized spacial score (nSPS) is 29.0. The predicted octanol–water partition coefficient (Wildman–Crippen LogP) is 16.3. The summed E-state index contributed by atoms with van der Waals surface area (Å²) in [4.78, 5) is 34.6. The number of aliphatic hydroxyl groups is 3. The van der Waals surface area contributed by atoms with Crippen molar-refractivity contribution in [3.05, 3.63) is 249 Å². The lowest BCUT2D eigenvalue weighted by atomic mass is 9.84. The number of aliphatic hydroxyl groups excluding tert-OH is 3. The first-order valence-electron chi connectivity index (χ1n) is 35.0. The number of Topliss-reactive ketones (excluding diaryl/α,β-unsaturated/α-hetero) is 1. The van der Waals surface area contributed by atoms with Gasteiger partial charge in [-0.15, -0.1) is 0 Å². The van der Waals surface area contributed by atoms with Crippen LogP contribution in [0.5, 0.6) is 0 Å². The van der Waals surface area contributed by atoms with E-state index in [4.69, 9.17) is 112 Å². The first-order chi connectivity index (χ1) is 53.4. The number of amidine groups is 2. The summed E-state index contributed by atoms with van der Waals surface area (Å²) in [5, 5.41) is 39.9. The molecular weight excluding hydrogens is 1640 g/mol. The van der Waals surface area contributed by atoms with Crippen molar-refractivity contribution in [2.75, 3.05) is 0 Å². The number of alkyl halides is 12. The largest absolute Gasteiger partial charge is 0.477 e. The molecule has 3 heterocycles. The molecular formula is C77H73Cl6F12N9O9. The third-order valence-corrected chi connectivity index (χ3v) is 23.4. The van der Waals surface area contributed by atoms with Crippen LogP contribution in [0, 0.1) is 45.6 Å². The Bertz CT molecular complexity index is 4540. The molecule has 7 aromatic carbocycles.